The van der Waals surface area contributed by atoms with E-state index < -0.39 is 14.9 Å². The second kappa shape index (κ2) is 5.57. The lowest BCUT2D eigenvalue weighted by Crippen LogP contribution is -2.00. The molecule has 0 fully saturated rings. The third-order valence-electron chi connectivity index (χ3n) is 2.35. The molecule has 0 N–H and O–H groups in total. The number of non-ortho nitro benzene ring substituents is 1. The lowest BCUT2D eigenvalue weighted by molar-refractivity contribution is -0.384. The van der Waals surface area contributed by atoms with Gasteiger partial charge in [-0.05, 0) is 29.8 Å². The van der Waals surface area contributed by atoms with E-state index in [0.717, 1.165) is 6.21 Å². The van der Waals surface area contributed by atoms with E-state index in [9.17, 15) is 18.5 Å². The largest absolute Gasteiger partial charge is 0.299 e. The number of benzene rings is 1. The van der Waals surface area contributed by atoms with E-state index in [1.165, 1.54) is 36.5 Å². The average Bonchev–Trinajstić information content (AvgIpc) is 2.46. The molecule has 7 nitrogen and oxygen atoms in total. The van der Waals surface area contributed by atoms with Gasteiger partial charge in [0.2, 0.25) is 0 Å². The van der Waals surface area contributed by atoms with Crippen LogP contribution >= 0.6 is 0 Å². The van der Waals surface area contributed by atoms with Gasteiger partial charge in [0.15, 0.2) is 5.03 Å². The predicted octanol–water partition coefficient (Wildman–Crippen LogP) is 1.80. The van der Waals surface area contributed by atoms with Crippen LogP contribution in [0.2, 0.25) is 0 Å². The molecule has 0 aliphatic rings. The quantitative estimate of drug-likeness (QED) is 0.485. The van der Waals surface area contributed by atoms with Crippen molar-refractivity contribution in [3.05, 3.63) is 64.3 Å². The highest BCUT2D eigenvalue weighted by atomic mass is 32.2. The maximum Gasteiger partial charge on any atom is 0.299 e. The molecule has 0 aliphatic carbocycles. The third kappa shape index (κ3) is 3.23. The molecule has 102 valence electrons. The van der Waals surface area contributed by atoms with E-state index >= 15 is 0 Å². The Bertz CT molecular complexity index is 740. The van der Waals surface area contributed by atoms with Crippen LogP contribution in [0.4, 0.5) is 5.69 Å². The second-order valence-corrected chi connectivity index (χ2v) is 5.31. The molecule has 0 amide bonds. The molecule has 8 heteroatoms. The molecule has 0 bridgehead atoms. The van der Waals surface area contributed by atoms with Crippen LogP contribution in [0.1, 0.15) is 5.56 Å². The van der Waals surface area contributed by atoms with Gasteiger partial charge in [-0.1, -0.05) is 6.07 Å². The van der Waals surface area contributed by atoms with Gasteiger partial charge in [0.1, 0.15) is 0 Å². The number of sulfonamides is 1. The van der Waals surface area contributed by atoms with E-state index in [1.807, 2.05) is 0 Å². The number of pyridine rings is 1. The lowest BCUT2D eigenvalue weighted by Gasteiger charge is -1.96. The van der Waals surface area contributed by atoms with Crippen molar-refractivity contribution in [1.29, 1.82) is 0 Å². The van der Waals surface area contributed by atoms with Crippen LogP contribution in [0.5, 0.6) is 0 Å². The number of nitrogens with zero attached hydrogens (tertiary/aromatic N) is 3. The van der Waals surface area contributed by atoms with Gasteiger partial charge in [-0.15, -0.1) is 0 Å². The standard InChI is InChI=1S/C12H9N3O4S/c16-15(17)11-6-4-10(5-7-11)9-14-20(18,19)12-3-1-2-8-13-12/h1-9H/b14-9+. The number of rotatable bonds is 4. The van der Waals surface area contributed by atoms with Gasteiger partial charge >= 0.3 is 0 Å². The van der Waals surface area contributed by atoms with Gasteiger partial charge < -0.3 is 0 Å². The van der Waals surface area contributed by atoms with Gasteiger partial charge in [-0.2, -0.15) is 12.8 Å². The first-order chi connectivity index (χ1) is 9.49. The third-order valence-corrected chi connectivity index (χ3v) is 3.50. The van der Waals surface area contributed by atoms with Crippen LogP contribution in [0.3, 0.4) is 0 Å². The molecule has 1 aromatic carbocycles. The Morgan fingerprint density at radius 2 is 1.85 bits per heavy atom. The van der Waals surface area contributed by atoms with E-state index in [-0.39, 0.29) is 10.7 Å². The van der Waals surface area contributed by atoms with E-state index in [4.69, 9.17) is 0 Å². The zero-order chi connectivity index (χ0) is 14.6. The van der Waals surface area contributed by atoms with Crippen molar-refractivity contribution in [2.75, 3.05) is 0 Å². The smallest absolute Gasteiger partial charge is 0.258 e. The maximum atomic E-state index is 11.8. The second-order valence-electron chi connectivity index (χ2n) is 3.73. The minimum absolute atomic E-state index is 0.0743. The summed E-state index contributed by atoms with van der Waals surface area (Å²) in [5.74, 6) is 0. The molecule has 1 heterocycles. The SMILES string of the molecule is O=[N+]([O-])c1ccc(/C=N/S(=O)(=O)c2ccccn2)cc1. The minimum Gasteiger partial charge on any atom is -0.258 e. The zero-order valence-corrected chi connectivity index (χ0v) is 10.9. The van der Waals surface area contributed by atoms with Crippen LogP contribution in [0.25, 0.3) is 0 Å². The molecule has 2 rings (SSSR count). The van der Waals surface area contributed by atoms with Crippen molar-refractivity contribution in [1.82, 2.24) is 4.98 Å². The Morgan fingerprint density at radius 1 is 1.15 bits per heavy atom. The fourth-order valence-electron chi connectivity index (χ4n) is 1.37. The van der Waals surface area contributed by atoms with Crippen molar-refractivity contribution < 1.29 is 13.3 Å². The summed E-state index contributed by atoms with van der Waals surface area (Å²) in [6, 6.07) is 9.84. The molecular weight excluding hydrogens is 282 g/mol. The monoisotopic (exact) mass is 291 g/mol. The Morgan fingerprint density at radius 3 is 2.40 bits per heavy atom. The number of hydrogen-bond donors (Lipinski definition) is 0. The molecule has 2 aromatic rings. The fourth-order valence-corrected chi connectivity index (χ4v) is 2.18. The van der Waals surface area contributed by atoms with Gasteiger partial charge in [0.05, 0.1) is 4.92 Å². The first kappa shape index (κ1) is 13.8. The molecule has 0 spiro atoms. The summed E-state index contributed by atoms with van der Waals surface area (Å²) < 4.78 is 27.1. The Kier molecular flexibility index (Phi) is 3.85. The highest BCUT2D eigenvalue weighted by Crippen LogP contribution is 2.12. The highest BCUT2D eigenvalue weighted by Gasteiger charge is 2.12. The number of nitro benzene ring substituents is 1. The van der Waals surface area contributed by atoms with Crippen LogP contribution in [0, 0.1) is 10.1 Å². The van der Waals surface area contributed by atoms with Crippen molar-refractivity contribution in [2.45, 2.75) is 5.03 Å². The molecule has 0 saturated carbocycles. The summed E-state index contributed by atoms with van der Waals surface area (Å²) in [5.41, 5.74) is 0.366. The normalized spacial score (nSPS) is 11.6. The van der Waals surface area contributed by atoms with Crippen LogP contribution < -0.4 is 0 Å². The molecule has 20 heavy (non-hydrogen) atoms. The topological polar surface area (TPSA) is 103 Å². The molecule has 0 aliphatic heterocycles. The summed E-state index contributed by atoms with van der Waals surface area (Å²) in [6.07, 6.45) is 2.47. The van der Waals surface area contributed by atoms with Crippen LogP contribution in [-0.2, 0) is 10.0 Å². The molecule has 0 unspecified atom stereocenters. The number of aromatic nitrogens is 1. The summed E-state index contributed by atoms with van der Waals surface area (Å²) >= 11 is 0. The van der Waals surface area contributed by atoms with Crippen LogP contribution in [0.15, 0.2) is 58.1 Å². The van der Waals surface area contributed by atoms with Crippen molar-refractivity contribution >= 4 is 21.9 Å². The number of nitro groups is 1. The van der Waals surface area contributed by atoms with Crippen molar-refractivity contribution in [3.8, 4) is 0 Å². The summed E-state index contributed by atoms with van der Waals surface area (Å²) in [4.78, 5) is 13.7. The fraction of sp³-hybridized carbons (Fsp3) is 0. The average molecular weight is 291 g/mol. The molecule has 1 aromatic heterocycles. The molecule has 0 saturated heterocycles. The Labute approximate surface area is 114 Å². The van der Waals surface area contributed by atoms with Crippen LogP contribution in [-0.4, -0.2) is 24.5 Å². The molecule has 0 atom stereocenters. The lowest BCUT2D eigenvalue weighted by atomic mass is 10.2. The van der Waals surface area contributed by atoms with Gasteiger partial charge in [0, 0.05) is 24.5 Å². The van der Waals surface area contributed by atoms with E-state index in [2.05, 4.69) is 9.38 Å². The first-order valence-corrected chi connectivity index (χ1v) is 6.89. The van der Waals surface area contributed by atoms with Gasteiger partial charge in [-0.3, -0.25) is 10.1 Å². The van der Waals surface area contributed by atoms with Gasteiger partial charge in [-0.25, -0.2) is 4.98 Å². The minimum atomic E-state index is -3.86. The summed E-state index contributed by atoms with van der Waals surface area (Å²) in [7, 11) is -3.86. The predicted molar refractivity (Wildman–Crippen MR) is 72.1 cm³/mol. The summed E-state index contributed by atoms with van der Waals surface area (Å²) in [5, 5.41) is 10.3. The Hall–Kier alpha value is -2.61. The van der Waals surface area contributed by atoms with E-state index in [1.54, 1.807) is 12.1 Å². The van der Waals surface area contributed by atoms with Gasteiger partial charge in [0.25, 0.3) is 15.7 Å². The highest BCUT2D eigenvalue weighted by molar-refractivity contribution is 7.90. The van der Waals surface area contributed by atoms with Crippen molar-refractivity contribution in [2.24, 2.45) is 4.40 Å². The molecular formula is C12H9N3O4S. The Balaban J connectivity index is 2.23. The first-order valence-electron chi connectivity index (χ1n) is 5.45. The number of hydrogen-bond acceptors (Lipinski definition) is 5. The molecule has 0 radical (unpaired) electrons. The maximum absolute atomic E-state index is 11.8. The van der Waals surface area contributed by atoms with Crippen molar-refractivity contribution in [3.63, 3.8) is 0 Å². The summed E-state index contributed by atoms with van der Waals surface area (Å²) in [6.45, 7) is 0. The zero-order valence-electron chi connectivity index (χ0n) is 10.1. The van der Waals surface area contributed by atoms with E-state index in [0.29, 0.717) is 5.56 Å².